The lowest BCUT2D eigenvalue weighted by molar-refractivity contribution is 0.101. The van der Waals surface area contributed by atoms with Crippen LogP contribution in [0.1, 0.15) is 48.8 Å². The standard InChI is InChI=1S/C24H28N4O4S/c1-4-27(5-2)33(30,31)19-13-14-23(32-3)21(15-19)25-24(29)22-16-20(17-11-12-17)26-28(22)18-9-7-6-8-10-18/h6-10,13-17H,4-5,11-12H2,1-3H3,(H,25,29). The average molecular weight is 469 g/mol. The van der Waals surface area contributed by atoms with Crippen LogP contribution in [0.2, 0.25) is 0 Å². The number of nitrogens with zero attached hydrogens (tertiary/aromatic N) is 3. The van der Waals surface area contributed by atoms with Gasteiger partial charge in [-0.25, -0.2) is 13.1 Å². The fraction of sp³-hybridized carbons (Fsp3) is 0.333. The zero-order valence-corrected chi connectivity index (χ0v) is 19.8. The predicted octanol–water partition coefficient (Wildman–Crippen LogP) is 4.04. The van der Waals surface area contributed by atoms with Crippen LogP contribution in [0.5, 0.6) is 5.75 Å². The van der Waals surface area contributed by atoms with Gasteiger partial charge in [0.1, 0.15) is 11.4 Å². The predicted molar refractivity (Wildman–Crippen MR) is 127 cm³/mol. The molecule has 0 bridgehead atoms. The summed E-state index contributed by atoms with van der Waals surface area (Å²) in [6, 6.07) is 15.7. The van der Waals surface area contributed by atoms with E-state index < -0.39 is 15.9 Å². The first-order valence-corrected chi connectivity index (χ1v) is 12.5. The van der Waals surface area contributed by atoms with Gasteiger partial charge in [0.25, 0.3) is 5.91 Å². The Morgan fingerprint density at radius 1 is 1.12 bits per heavy atom. The highest BCUT2D eigenvalue weighted by Gasteiger charge is 2.29. The Morgan fingerprint density at radius 2 is 1.82 bits per heavy atom. The maximum absolute atomic E-state index is 13.4. The van der Waals surface area contributed by atoms with Crippen molar-refractivity contribution < 1.29 is 17.9 Å². The van der Waals surface area contributed by atoms with Crippen molar-refractivity contribution in [2.24, 2.45) is 0 Å². The Labute approximate surface area is 194 Å². The quantitative estimate of drug-likeness (QED) is 0.512. The van der Waals surface area contributed by atoms with E-state index in [1.807, 2.05) is 36.4 Å². The molecule has 1 aliphatic rings. The van der Waals surface area contributed by atoms with Crippen LogP contribution in [0.15, 0.2) is 59.5 Å². The number of aromatic nitrogens is 2. The van der Waals surface area contributed by atoms with Crippen molar-refractivity contribution in [3.63, 3.8) is 0 Å². The second-order valence-electron chi connectivity index (χ2n) is 7.88. The van der Waals surface area contributed by atoms with Gasteiger partial charge in [-0.15, -0.1) is 0 Å². The van der Waals surface area contributed by atoms with Gasteiger partial charge in [-0.2, -0.15) is 9.40 Å². The maximum Gasteiger partial charge on any atom is 0.274 e. The van der Waals surface area contributed by atoms with E-state index in [2.05, 4.69) is 10.4 Å². The van der Waals surface area contributed by atoms with Crippen molar-refractivity contribution in [3.05, 3.63) is 66.0 Å². The summed E-state index contributed by atoms with van der Waals surface area (Å²) < 4.78 is 34.4. The van der Waals surface area contributed by atoms with Crippen LogP contribution >= 0.6 is 0 Å². The number of ether oxygens (including phenoxy) is 1. The summed E-state index contributed by atoms with van der Waals surface area (Å²) in [6.45, 7) is 4.28. The summed E-state index contributed by atoms with van der Waals surface area (Å²) in [4.78, 5) is 13.4. The molecule has 0 aliphatic heterocycles. The summed E-state index contributed by atoms with van der Waals surface area (Å²) in [5, 5.41) is 7.51. The van der Waals surface area contributed by atoms with E-state index in [0.29, 0.717) is 30.5 Å². The monoisotopic (exact) mass is 468 g/mol. The number of carbonyl (C=O) groups excluding carboxylic acids is 1. The minimum absolute atomic E-state index is 0.0949. The molecule has 0 spiro atoms. The first-order valence-electron chi connectivity index (χ1n) is 11.0. The molecule has 3 aromatic rings. The number of benzene rings is 2. The van der Waals surface area contributed by atoms with Crippen molar-refractivity contribution in [1.82, 2.24) is 14.1 Å². The first kappa shape index (κ1) is 23.0. The number of hydrogen-bond donors (Lipinski definition) is 1. The molecule has 0 atom stereocenters. The van der Waals surface area contributed by atoms with Gasteiger partial charge in [0, 0.05) is 19.0 Å². The molecule has 0 saturated heterocycles. The molecule has 1 fully saturated rings. The molecule has 8 nitrogen and oxygen atoms in total. The second-order valence-corrected chi connectivity index (χ2v) is 9.82. The Kier molecular flexibility index (Phi) is 6.53. The van der Waals surface area contributed by atoms with E-state index in [1.54, 1.807) is 24.6 Å². The summed E-state index contributed by atoms with van der Waals surface area (Å²) in [6.07, 6.45) is 2.12. The fourth-order valence-electron chi connectivity index (χ4n) is 3.75. The maximum atomic E-state index is 13.4. The lowest BCUT2D eigenvalue weighted by Gasteiger charge is -2.19. The van der Waals surface area contributed by atoms with Gasteiger partial charge in [0.15, 0.2) is 0 Å². The van der Waals surface area contributed by atoms with Crippen LogP contribution in [-0.2, 0) is 10.0 Å². The molecule has 2 aromatic carbocycles. The van der Waals surface area contributed by atoms with Crippen molar-refractivity contribution >= 4 is 21.6 Å². The molecule has 1 aromatic heterocycles. The Bertz CT molecular complexity index is 1250. The number of rotatable bonds is 9. The van der Waals surface area contributed by atoms with Crippen LogP contribution in [-0.4, -0.2) is 48.6 Å². The van der Waals surface area contributed by atoms with Gasteiger partial charge in [0.2, 0.25) is 10.0 Å². The summed E-state index contributed by atoms with van der Waals surface area (Å²) in [7, 11) is -2.22. The number of anilines is 1. The van der Waals surface area contributed by atoms with Crippen LogP contribution in [0.25, 0.3) is 5.69 Å². The molecular formula is C24H28N4O4S. The number of para-hydroxylation sites is 1. The largest absolute Gasteiger partial charge is 0.495 e. The number of carbonyl (C=O) groups is 1. The van der Waals surface area contributed by atoms with E-state index in [1.165, 1.54) is 23.5 Å². The molecule has 1 saturated carbocycles. The molecule has 0 radical (unpaired) electrons. The molecule has 1 heterocycles. The van der Waals surface area contributed by atoms with Crippen LogP contribution in [0.3, 0.4) is 0 Å². The molecule has 4 rings (SSSR count). The van der Waals surface area contributed by atoms with E-state index in [4.69, 9.17) is 4.74 Å². The van der Waals surface area contributed by atoms with Gasteiger partial charge in [-0.3, -0.25) is 4.79 Å². The summed E-state index contributed by atoms with van der Waals surface area (Å²) in [5.74, 6) is 0.350. The topological polar surface area (TPSA) is 93.5 Å². The van der Waals surface area contributed by atoms with E-state index in [-0.39, 0.29) is 10.6 Å². The smallest absolute Gasteiger partial charge is 0.274 e. The van der Waals surface area contributed by atoms with E-state index in [0.717, 1.165) is 24.2 Å². The zero-order chi connectivity index (χ0) is 23.6. The molecule has 1 aliphatic carbocycles. The van der Waals surface area contributed by atoms with Crippen molar-refractivity contribution in [2.75, 3.05) is 25.5 Å². The number of nitrogens with one attached hydrogen (secondary N) is 1. The lowest BCUT2D eigenvalue weighted by Crippen LogP contribution is -2.30. The van der Waals surface area contributed by atoms with Crippen molar-refractivity contribution in [2.45, 2.75) is 37.5 Å². The Balaban J connectivity index is 1.70. The van der Waals surface area contributed by atoms with Crippen molar-refractivity contribution in [3.8, 4) is 11.4 Å². The number of hydrogen-bond acceptors (Lipinski definition) is 5. The van der Waals surface area contributed by atoms with Gasteiger partial charge < -0.3 is 10.1 Å². The fourth-order valence-corrected chi connectivity index (χ4v) is 5.23. The highest BCUT2D eigenvalue weighted by molar-refractivity contribution is 7.89. The highest BCUT2D eigenvalue weighted by atomic mass is 32.2. The average Bonchev–Trinajstić information content (AvgIpc) is 3.58. The normalized spacial score (nSPS) is 13.8. The van der Waals surface area contributed by atoms with Gasteiger partial charge in [-0.05, 0) is 49.2 Å². The third kappa shape index (κ3) is 4.65. The summed E-state index contributed by atoms with van der Waals surface area (Å²) >= 11 is 0. The van der Waals surface area contributed by atoms with E-state index >= 15 is 0 Å². The molecule has 33 heavy (non-hydrogen) atoms. The molecular weight excluding hydrogens is 440 g/mol. The third-order valence-corrected chi connectivity index (χ3v) is 7.77. The third-order valence-electron chi connectivity index (χ3n) is 5.72. The minimum Gasteiger partial charge on any atom is -0.495 e. The van der Waals surface area contributed by atoms with Crippen molar-refractivity contribution in [1.29, 1.82) is 0 Å². The molecule has 0 unspecified atom stereocenters. The lowest BCUT2D eigenvalue weighted by atomic mass is 10.2. The highest BCUT2D eigenvalue weighted by Crippen LogP contribution is 2.40. The second kappa shape index (κ2) is 9.36. The number of sulfonamides is 1. The summed E-state index contributed by atoms with van der Waals surface area (Å²) in [5.41, 5.74) is 2.32. The molecule has 1 amide bonds. The van der Waals surface area contributed by atoms with Crippen LogP contribution in [0.4, 0.5) is 5.69 Å². The SMILES string of the molecule is CCN(CC)S(=O)(=O)c1ccc(OC)c(NC(=O)c2cc(C3CC3)nn2-c2ccccc2)c1. The number of methoxy groups -OCH3 is 1. The molecule has 9 heteroatoms. The minimum atomic E-state index is -3.69. The Hall–Kier alpha value is -3.17. The Morgan fingerprint density at radius 3 is 2.42 bits per heavy atom. The molecule has 1 N–H and O–H groups in total. The van der Waals surface area contributed by atoms with Gasteiger partial charge in [-0.1, -0.05) is 32.0 Å². The first-order chi connectivity index (χ1) is 15.9. The zero-order valence-electron chi connectivity index (χ0n) is 19.0. The van der Waals surface area contributed by atoms with Gasteiger partial charge in [0.05, 0.1) is 29.1 Å². The van der Waals surface area contributed by atoms with Crippen LogP contribution < -0.4 is 10.1 Å². The van der Waals surface area contributed by atoms with E-state index in [9.17, 15) is 13.2 Å². The number of amides is 1. The van der Waals surface area contributed by atoms with Crippen LogP contribution in [0, 0.1) is 0 Å². The van der Waals surface area contributed by atoms with Gasteiger partial charge >= 0.3 is 0 Å². The molecule has 174 valence electrons.